The number of hydrogen-bond acceptors (Lipinski definition) is 7. The van der Waals surface area contributed by atoms with Crippen LogP contribution in [-0.2, 0) is 19.6 Å². The molecule has 194 valence electrons. The summed E-state index contributed by atoms with van der Waals surface area (Å²) in [6.45, 7) is -0.977. The summed E-state index contributed by atoms with van der Waals surface area (Å²) in [7, 11) is -4.04. The van der Waals surface area contributed by atoms with Crippen LogP contribution in [0.3, 0.4) is 0 Å². The van der Waals surface area contributed by atoms with E-state index in [4.69, 9.17) is 9.84 Å². The molecule has 2 atom stereocenters. The van der Waals surface area contributed by atoms with Gasteiger partial charge < -0.3 is 25.4 Å². The van der Waals surface area contributed by atoms with Crippen LogP contribution >= 0.6 is 0 Å². The molecule has 0 heterocycles. The van der Waals surface area contributed by atoms with E-state index in [1.54, 1.807) is 0 Å². The van der Waals surface area contributed by atoms with E-state index in [2.05, 4.69) is 5.32 Å². The maximum Gasteiger partial charge on any atom is 0.407 e. The van der Waals surface area contributed by atoms with E-state index in [-0.39, 0.29) is 29.5 Å². The van der Waals surface area contributed by atoms with E-state index in [1.807, 2.05) is 53.3 Å². The van der Waals surface area contributed by atoms with Crippen molar-refractivity contribution in [2.45, 2.75) is 23.0 Å². The van der Waals surface area contributed by atoms with Crippen molar-refractivity contribution in [3.05, 3.63) is 89.5 Å². The Morgan fingerprint density at radius 2 is 1.46 bits per heavy atom. The van der Waals surface area contributed by atoms with E-state index < -0.39 is 40.8 Å². The zero-order chi connectivity index (χ0) is 26.6. The fourth-order valence-corrected chi connectivity index (χ4v) is 5.23. The van der Waals surface area contributed by atoms with Crippen molar-refractivity contribution >= 4 is 22.1 Å². The molecule has 0 radical (unpaired) electrons. The first-order valence-corrected chi connectivity index (χ1v) is 12.9. The second-order valence-corrected chi connectivity index (χ2v) is 10.3. The van der Waals surface area contributed by atoms with Gasteiger partial charge in [-0.1, -0.05) is 60.7 Å². The molecule has 5 N–H and O–H groups in total. The molecule has 1 aliphatic rings. The number of carboxylic acids is 1. The van der Waals surface area contributed by atoms with Gasteiger partial charge in [0.25, 0.3) is 0 Å². The summed E-state index contributed by atoms with van der Waals surface area (Å²) in [6.07, 6.45) is -3.57. The van der Waals surface area contributed by atoms with E-state index in [0.29, 0.717) is 0 Å². The molecule has 1 amide bonds. The zero-order valence-electron chi connectivity index (χ0n) is 19.6. The number of amides is 1. The van der Waals surface area contributed by atoms with Crippen molar-refractivity contribution in [2.24, 2.45) is 0 Å². The summed E-state index contributed by atoms with van der Waals surface area (Å²) in [5.41, 5.74) is 4.54. The number of benzene rings is 3. The minimum absolute atomic E-state index is 0.102. The smallest absolute Gasteiger partial charge is 0.407 e. The molecule has 3 aromatic carbocycles. The van der Waals surface area contributed by atoms with Crippen LogP contribution in [-0.4, -0.2) is 61.6 Å². The van der Waals surface area contributed by atoms with Gasteiger partial charge in [0.1, 0.15) is 25.4 Å². The molecular formula is C26H26N2O8S. The van der Waals surface area contributed by atoms with Crippen molar-refractivity contribution in [1.82, 2.24) is 10.0 Å². The van der Waals surface area contributed by atoms with Gasteiger partial charge in [0.2, 0.25) is 10.0 Å². The second kappa shape index (κ2) is 11.1. The average molecular weight is 527 g/mol. The maximum atomic E-state index is 12.3. The van der Waals surface area contributed by atoms with Crippen molar-refractivity contribution in [2.75, 3.05) is 19.7 Å². The van der Waals surface area contributed by atoms with Gasteiger partial charge in [0.15, 0.2) is 0 Å². The van der Waals surface area contributed by atoms with Gasteiger partial charge in [0.05, 0.1) is 4.90 Å². The van der Waals surface area contributed by atoms with Crippen molar-refractivity contribution in [3.8, 4) is 11.1 Å². The van der Waals surface area contributed by atoms with Crippen LogP contribution in [0.25, 0.3) is 11.1 Å². The predicted molar refractivity (Wildman–Crippen MR) is 133 cm³/mol. The highest BCUT2D eigenvalue weighted by atomic mass is 32.2. The molecule has 0 aliphatic heterocycles. The quantitative estimate of drug-likeness (QED) is 0.268. The number of aliphatic hydroxyl groups excluding tert-OH is 2. The Kier molecular flexibility index (Phi) is 7.89. The monoisotopic (exact) mass is 526 g/mol. The summed E-state index contributed by atoms with van der Waals surface area (Å²) in [5.74, 6) is -1.45. The fraction of sp³-hybridized carbons (Fsp3) is 0.231. The number of aliphatic hydroxyl groups is 2. The summed E-state index contributed by atoms with van der Waals surface area (Å²) < 4.78 is 31.5. The molecule has 4 rings (SSSR count). The third kappa shape index (κ3) is 5.97. The van der Waals surface area contributed by atoms with Crippen molar-refractivity contribution in [3.63, 3.8) is 0 Å². The topological polar surface area (TPSA) is 162 Å². The molecule has 0 aromatic heterocycles. The van der Waals surface area contributed by atoms with E-state index >= 15 is 0 Å². The minimum atomic E-state index is -4.04. The highest BCUT2D eigenvalue weighted by Gasteiger charge is 2.29. The third-order valence-corrected chi connectivity index (χ3v) is 7.53. The van der Waals surface area contributed by atoms with Crippen LogP contribution in [0.4, 0.5) is 4.79 Å². The standard InChI is InChI=1S/C26H26N2O8S/c29-23(25(32)16-9-11-17(12-10-16)37(34,35)28-14-24(30)31)13-27-26(33)36-15-22-20-7-3-1-5-18(20)19-6-2-4-8-21(19)22/h1-12,22-23,25,28-29,32H,13-15H2,(H,27,33)(H,30,31). The molecular weight excluding hydrogens is 500 g/mol. The molecule has 1 aliphatic carbocycles. The first-order chi connectivity index (χ1) is 17.7. The van der Waals surface area contributed by atoms with Gasteiger partial charge in [-0.3, -0.25) is 4.79 Å². The number of rotatable bonds is 10. The van der Waals surface area contributed by atoms with Gasteiger partial charge in [-0.2, -0.15) is 4.72 Å². The molecule has 0 fully saturated rings. The summed E-state index contributed by atoms with van der Waals surface area (Å²) in [6, 6.07) is 20.8. The molecule has 0 bridgehead atoms. The van der Waals surface area contributed by atoms with E-state index in [9.17, 15) is 28.2 Å². The number of nitrogens with one attached hydrogen (secondary N) is 2. The normalized spacial score (nSPS) is 14.3. The Labute approximate surface area is 213 Å². The predicted octanol–water partition coefficient (Wildman–Crippen LogP) is 1.98. The molecule has 37 heavy (non-hydrogen) atoms. The van der Waals surface area contributed by atoms with E-state index in [0.717, 1.165) is 22.3 Å². The fourth-order valence-electron chi connectivity index (χ4n) is 4.26. The van der Waals surface area contributed by atoms with Crippen molar-refractivity contribution in [1.29, 1.82) is 0 Å². The number of aliphatic carboxylic acids is 1. The number of hydrogen-bond donors (Lipinski definition) is 5. The lowest BCUT2D eigenvalue weighted by Gasteiger charge is -2.19. The largest absolute Gasteiger partial charge is 0.480 e. The van der Waals surface area contributed by atoms with E-state index in [1.165, 1.54) is 24.3 Å². The summed E-state index contributed by atoms with van der Waals surface area (Å²) >= 11 is 0. The Hall–Kier alpha value is -3.77. The zero-order valence-corrected chi connectivity index (χ0v) is 20.4. The van der Waals surface area contributed by atoms with Crippen LogP contribution in [0.15, 0.2) is 77.7 Å². The Morgan fingerprint density at radius 1 is 0.892 bits per heavy atom. The van der Waals surface area contributed by atoms with Gasteiger partial charge in [-0.15, -0.1) is 0 Å². The van der Waals surface area contributed by atoms with Gasteiger partial charge in [0, 0.05) is 12.5 Å². The molecule has 3 aromatic rings. The number of alkyl carbamates (subject to hydrolysis) is 1. The van der Waals surface area contributed by atoms with Crippen LogP contribution in [0.5, 0.6) is 0 Å². The van der Waals surface area contributed by atoms with Crippen LogP contribution in [0, 0.1) is 0 Å². The van der Waals surface area contributed by atoms with Gasteiger partial charge in [-0.25, -0.2) is 13.2 Å². The summed E-state index contributed by atoms with van der Waals surface area (Å²) in [5, 5.41) is 31.8. The van der Waals surface area contributed by atoms with Crippen LogP contribution in [0.2, 0.25) is 0 Å². The number of ether oxygens (including phenoxy) is 1. The molecule has 10 nitrogen and oxygen atoms in total. The number of carboxylic acid groups (broad SMARTS) is 1. The van der Waals surface area contributed by atoms with Crippen LogP contribution < -0.4 is 10.0 Å². The van der Waals surface area contributed by atoms with Gasteiger partial charge in [-0.05, 0) is 39.9 Å². The third-order valence-electron chi connectivity index (χ3n) is 6.11. The average Bonchev–Trinajstić information content (AvgIpc) is 3.22. The number of carbonyl (C=O) groups excluding carboxylic acids is 1. The highest BCUT2D eigenvalue weighted by molar-refractivity contribution is 7.89. The molecule has 11 heteroatoms. The summed E-state index contributed by atoms with van der Waals surface area (Å²) in [4.78, 5) is 22.7. The van der Waals surface area contributed by atoms with Crippen molar-refractivity contribution < 1.29 is 38.1 Å². The Bertz CT molecular complexity index is 1350. The lowest BCUT2D eigenvalue weighted by Crippen LogP contribution is -2.36. The first kappa shape index (κ1) is 26.3. The molecule has 0 spiro atoms. The highest BCUT2D eigenvalue weighted by Crippen LogP contribution is 2.44. The molecule has 0 saturated heterocycles. The Balaban J connectivity index is 1.30. The first-order valence-electron chi connectivity index (χ1n) is 11.4. The second-order valence-electron chi connectivity index (χ2n) is 8.51. The maximum absolute atomic E-state index is 12.3. The number of sulfonamides is 1. The SMILES string of the molecule is O=C(O)CNS(=O)(=O)c1ccc(C(O)C(O)CNC(=O)OCC2c3ccccc3-c3ccccc32)cc1. The lowest BCUT2D eigenvalue weighted by molar-refractivity contribution is -0.135. The Morgan fingerprint density at radius 3 is 2.03 bits per heavy atom. The van der Waals surface area contributed by atoms with Gasteiger partial charge >= 0.3 is 12.1 Å². The number of fused-ring (bicyclic) bond motifs is 3. The van der Waals surface area contributed by atoms with Crippen LogP contribution in [0.1, 0.15) is 28.7 Å². The number of carbonyl (C=O) groups is 2. The lowest BCUT2D eigenvalue weighted by atomic mass is 9.98. The minimum Gasteiger partial charge on any atom is -0.480 e. The molecule has 0 saturated carbocycles. The molecule has 2 unspecified atom stereocenters.